The van der Waals surface area contributed by atoms with E-state index in [1.54, 1.807) is 17.1 Å². The number of rotatable bonds is 2. The number of hydrogen-bond donors (Lipinski definition) is 0. The third-order valence-electron chi connectivity index (χ3n) is 1.91. The van der Waals surface area contributed by atoms with Crippen molar-refractivity contribution in [2.45, 2.75) is 5.88 Å². The van der Waals surface area contributed by atoms with E-state index in [4.69, 9.17) is 23.2 Å². The van der Waals surface area contributed by atoms with Gasteiger partial charge in [0.25, 0.3) is 0 Å². The third-order valence-corrected chi connectivity index (χ3v) is 2.41. The monoisotopic (exact) mass is 226 g/mol. The fourth-order valence-corrected chi connectivity index (χ4v) is 1.49. The molecule has 2 nitrogen and oxygen atoms in total. The van der Waals surface area contributed by atoms with Crippen molar-refractivity contribution in [1.82, 2.24) is 9.78 Å². The summed E-state index contributed by atoms with van der Waals surface area (Å²) in [4.78, 5) is 0. The van der Waals surface area contributed by atoms with Crippen molar-refractivity contribution < 1.29 is 0 Å². The molecule has 0 amide bonds. The summed E-state index contributed by atoms with van der Waals surface area (Å²) in [5, 5.41) is 4.72. The highest BCUT2D eigenvalue weighted by Crippen LogP contribution is 2.13. The van der Waals surface area contributed by atoms with E-state index in [9.17, 15) is 0 Å². The van der Waals surface area contributed by atoms with E-state index in [1.807, 2.05) is 24.3 Å². The Labute approximate surface area is 92.1 Å². The molecule has 2 rings (SSSR count). The molecular formula is C10H8Cl2N2. The highest BCUT2D eigenvalue weighted by atomic mass is 35.5. The van der Waals surface area contributed by atoms with Gasteiger partial charge >= 0.3 is 0 Å². The number of halogens is 2. The first-order valence-corrected chi connectivity index (χ1v) is 5.06. The summed E-state index contributed by atoms with van der Waals surface area (Å²) in [5.74, 6) is 0.528. The molecule has 14 heavy (non-hydrogen) atoms. The van der Waals surface area contributed by atoms with Gasteiger partial charge in [-0.25, -0.2) is 4.68 Å². The van der Waals surface area contributed by atoms with E-state index in [1.165, 1.54) is 0 Å². The Hall–Kier alpha value is -0.990. The molecule has 0 aliphatic carbocycles. The van der Waals surface area contributed by atoms with Crippen molar-refractivity contribution in [3.63, 3.8) is 0 Å². The van der Waals surface area contributed by atoms with Gasteiger partial charge in [-0.15, -0.1) is 11.6 Å². The smallest absolute Gasteiger partial charge is 0.0790 e. The lowest BCUT2D eigenvalue weighted by molar-refractivity contribution is 0.880. The molecule has 1 aromatic carbocycles. The van der Waals surface area contributed by atoms with Gasteiger partial charge in [-0.05, 0) is 17.7 Å². The Balaban J connectivity index is 2.33. The van der Waals surface area contributed by atoms with E-state index < -0.39 is 0 Å². The molecule has 0 atom stereocenters. The molecule has 2 aromatic rings. The summed E-state index contributed by atoms with van der Waals surface area (Å²) in [5.41, 5.74) is 2.07. The molecule has 0 fully saturated rings. The largest absolute Gasteiger partial charge is 0.239 e. The summed E-state index contributed by atoms with van der Waals surface area (Å²) in [6, 6.07) is 7.86. The van der Waals surface area contributed by atoms with Crippen molar-refractivity contribution in [1.29, 1.82) is 0 Å². The average Bonchev–Trinajstić information content (AvgIpc) is 2.65. The molecule has 0 bridgehead atoms. The fourth-order valence-electron chi connectivity index (χ4n) is 1.18. The van der Waals surface area contributed by atoms with Crippen LogP contribution in [0.2, 0.25) is 5.02 Å². The Morgan fingerprint density at radius 1 is 1.21 bits per heavy atom. The summed E-state index contributed by atoms with van der Waals surface area (Å²) < 4.78 is 1.72. The molecule has 0 saturated carbocycles. The van der Waals surface area contributed by atoms with Gasteiger partial charge in [0.15, 0.2) is 0 Å². The first-order chi connectivity index (χ1) is 6.79. The minimum atomic E-state index is 0.528. The third kappa shape index (κ3) is 1.91. The standard InChI is InChI=1S/C10H8Cl2N2/c11-5-8-1-3-10(4-2-8)14-7-9(12)6-13-14/h1-4,6-7H,5H2. The molecular weight excluding hydrogens is 219 g/mol. The zero-order valence-corrected chi connectivity index (χ0v) is 8.83. The Morgan fingerprint density at radius 2 is 1.93 bits per heavy atom. The van der Waals surface area contributed by atoms with Crippen molar-refractivity contribution >= 4 is 23.2 Å². The van der Waals surface area contributed by atoms with Crippen LogP contribution in [0.3, 0.4) is 0 Å². The number of nitrogens with zero attached hydrogens (tertiary/aromatic N) is 2. The second-order valence-corrected chi connectivity index (χ2v) is 3.61. The predicted octanol–water partition coefficient (Wildman–Crippen LogP) is 3.26. The number of aromatic nitrogens is 2. The van der Waals surface area contributed by atoms with E-state index in [0.29, 0.717) is 10.9 Å². The van der Waals surface area contributed by atoms with E-state index >= 15 is 0 Å². The quantitative estimate of drug-likeness (QED) is 0.720. The lowest BCUT2D eigenvalue weighted by Crippen LogP contribution is -1.93. The molecule has 1 aromatic heterocycles. The maximum Gasteiger partial charge on any atom is 0.0790 e. The summed E-state index contributed by atoms with van der Waals surface area (Å²) >= 11 is 11.5. The van der Waals surface area contributed by atoms with Gasteiger partial charge in [0.1, 0.15) is 0 Å². The van der Waals surface area contributed by atoms with Crippen LogP contribution in [0.4, 0.5) is 0 Å². The van der Waals surface area contributed by atoms with Crippen LogP contribution in [0.5, 0.6) is 0 Å². The summed E-state index contributed by atoms with van der Waals surface area (Å²) in [6.45, 7) is 0. The zero-order valence-electron chi connectivity index (χ0n) is 7.32. The summed E-state index contributed by atoms with van der Waals surface area (Å²) in [6.07, 6.45) is 3.37. The van der Waals surface area contributed by atoms with Crippen LogP contribution in [-0.4, -0.2) is 9.78 Å². The summed E-state index contributed by atoms with van der Waals surface area (Å²) in [7, 11) is 0. The SMILES string of the molecule is ClCc1ccc(-n2cc(Cl)cn2)cc1. The van der Waals surface area contributed by atoms with E-state index in [0.717, 1.165) is 11.3 Å². The lowest BCUT2D eigenvalue weighted by atomic mass is 10.2. The van der Waals surface area contributed by atoms with Crippen LogP contribution in [0.25, 0.3) is 5.69 Å². The van der Waals surface area contributed by atoms with Crippen molar-refractivity contribution in [3.8, 4) is 5.69 Å². The van der Waals surface area contributed by atoms with Gasteiger partial charge in [-0.2, -0.15) is 5.10 Å². The van der Waals surface area contributed by atoms with Crippen LogP contribution in [0.1, 0.15) is 5.56 Å². The maximum atomic E-state index is 5.76. The van der Waals surface area contributed by atoms with Crippen molar-refractivity contribution in [3.05, 3.63) is 47.2 Å². The van der Waals surface area contributed by atoms with Crippen molar-refractivity contribution in [2.24, 2.45) is 0 Å². The fraction of sp³-hybridized carbons (Fsp3) is 0.100. The van der Waals surface area contributed by atoms with Gasteiger partial charge < -0.3 is 0 Å². The molecule has 0 saturated heterocycles. The second kappa shape index (κ2) is 4.03. The second-order valence-electron chi connectivity index (χ2n) is 2.90. The zero-order chi connectivity index (χ0) is 9.97. The van der Waals surface area contributed by atoms with Gasteiger partial charge in [-0.1, -0.05) is 23.7 Å². The van der Waals surface area contributed by atoms with Gasteiger partial charge in [-0.3, -0.25) is 0 Å². The predicted molar refractivity (Wildman–Crippen MR) is 58.1 cm³/mol. The van der Waals surface area contributed by atoms with Crippen molar-refractivity contribution in [2.75, 3.05) is 0 Å². The topological polar surface area (TPSA) is 17.8 Å². The highest BCUT2D eigenvalue weighted by Gasteiger charge is 1.98. The first kappa shape index (κ1) is 9.56. The maximum absolute atomic E-state index is 5.76. The average molecular weight is 227 g/mol. The molecule has 0 radical (unpaired) electrons. The first-order valence-electron chi connectivity index (χ1n) is 4.15. The normalized spacial score (nSPS) is 10.4. The molecule has 0 aliphatic heterocycles. The Kier molecular flexibility index (Phi) is 2.75. The molecule has 4 heteroatoms. The number of benzene rings is 1. The molecule has 72 valence electrons. The van der Waals surface area contributed by atoms with Gasteiger partial charge in [0.2, 0.25) is 0 Å². The molecule has 0 N–H and O–H groups in total. The minimum absolute atomic E-state index is 0.528. The highest BCUT2D eigenvalue weighted by molar-refractivity contribution is 6.30. The molecule has 0 unspecified atom stereocenters. The molecule has 0 spiro atoms. The van der Waals surface area contributed by atoms with Crippen LogP contribution >= 0.6 is 23.2 Å². The Bertz CT molecular complexity index is 420. The molecule has 0 aliphatic rings. The van der Waals surface area contributed by atoms with Gasteiger partial charge in [0, 0.05) is 12.1 Å². The van der Waals surface area contributed by atoms with E-state index in [-0.39, 0.29) is 0 Å². The lowest BCUT2D eigenvalue weighted by Gasteiger charge is -2.01. The Morgan fingerprint density at radius 3 is 2.43 bits per heavy atom. The van der Waals surface area contributed by atoms with Crippen LogP contribution in [0.15, 0.2) is 36.7 Å². The minimum Gasteiger partial charge on any atom is -0.239 e. The van der Waals surface area contributed by atoms with Crippen LogP contribution in [0, 0.1) is 0 Å². The number of alkyl halides is 1. The van der Waals surface area contributed by atoms with Crippen LogP contribution < -0.4 is 0 Å². The molecule has 1 heterocycles. The van der Waals surface area contributed by atoms with Gasteiger partial charge in [0.05, 0.1) is 16.9 Å². The van der Waals surface area contributed by atoms with E-state index in [2.05, 4.69) is 5.10 Å². The number of hydrogen-bond acceptors (Lipinski definition) is 1. The van der Waals surface area contributed by atoms with Crippen LogP contribution in [-0.2, 0) is 5.88 Å².